The van der Waals surface area contributed by atoms with E-state index >= 15 is 0 Å². The van der Waals surface area contributed by atoms with Crippen LogP contribution in [0.1, 0.15) is 19.3 Å². The fourth-order valence-electron chi connectivity index (χ4n) is 1.52. The minimum Gasteiger partial charge on any atom is -0.481 e. The van der Waals surface area contributed by atoms with E-state index in [1.807, 2.05) is 0 Å². The van der Waals surface area contributed by atoms with Crippen LogP contribution in [0.2, 0.25) is 0 Å². The van der Waals surface area contributed by atoms with Crippen LogP contribution in [0.25, 0.3) is 0 Å². The SMILES string of the molecule is COC(=O)[C@@H]1CC[C@H](CC(=O)O)N1. The molecule has 74 valence electrons. The van der Waals surface area contributed by atoms with Crippen molar-refractivity contribution in [3.63, 3.8) is 0 Å². The highest BCUT2D eigenvalue weighted by Gasteiger charge is 2.30. The van der Waals surface area contributed by atoms with Gasteiger partial charge >= 0.3 is 11.9 Å². The third-order valence-corrected chi connectivity index (χ3v) is 2.15. The fourth-order valence-corrected chi connectivity index (χ4v) is 1.52. The number of carboxylic acid groups (broad SMARTS) is 1. The molecule has 0 unspecified atom stereocenters. The molecule has 0 amide bonds. The third-order valence-electron chi connectivity index (χ3n) is 2.15. The standard InChI is InChI=1S/C8H13NO4/c1-13-8(12)6-3-2-5(9-6)4-7(10)11/h5-6,9H,2-4H2,1H3,(H,10,11)/t5-,6+/m1/s1. The Morgan fingerprint density at radius 1 is 1.54 bits per heavy atom. The van der Waals surface area contributed by atoms with Gasteiger partial charge in [0.05, 0.1) is 13.5 Å². The van der Waals surface area contributed by atoms with Gasteiger partial charge in [-0.2, -0.15) is 0 Å². The topological polar surface area (TPSA) is 75.6 Å². The first-order chi connectivity index (χ1) is 6.13. The van der Waals surface area contributed by atoms with Gasteiger partial charge in [-0.25, -0.2) is 0 Å². The summed E-state index contributed by atoms with van der Waals surface area (Å²) in [6.07, 6.45) is 1.43. The molecule has 2 atom stereocenters. The van der Waals surface area contributed by atoms with Gasteiger partial charge in [0.2, 0.25) is 0 Å². The number of esters is 1. The summed E-state index contributed by atoms with van der Waals surface area (Å²) in [4.78, 5) is 21.4. The molecule has 0 spiro atoms. The zero-order valence-electron chi connectivity index (χ0n) is 7.45. The van der Waals surface area contributed by atoms with Crippen molar-refractivity contribution in [2.45, 2.75) is 31.3 Å². The normalized spacial score (nSPS) is 27.2. The molecule has 1 fully saturated rings. The first-order valence-corrected chi connectivity index (χ1v) is 4.19. The summed E-state index contributed by atoms with van der Waals surface area (Å²) >= 11 is 0. The van der Waals surface area contributed by atoms with E-state index in [0.29, 0.717) is 12.8 Å². The Kier molecular flexibility index (Phi) is 3.25. The second-order valence-electron chi connectivity index (χ2n) is 3.11. The molecular weight excluding hydrogens is 174 g/mol. The molecule has 0 saturated carbocycles. The summed E-state index contributed by atoms with van der Waals surface area (Å²) in [5.74, 6) is -1.16. The van der Waals surface area contributed by atoms with Crippen molar-refractivity contribution >= 4 is 11.9 Å². The largest absolute Gasteiger partial charge is 0.481 e. The monoisotopic (exact) mass is 187 g/mol. The van der Waals surface area contributed by atoms with Crippen LogP contribution in [-0.4, -0.2) is 36.2 Å². The van der Waals surface area contributed by atoms with Crippen molar-refractivity contribution in [3.8, 4) is 0 Å². The summed E-state index contributed by atoms with van der Waals surface area (Å²) in [5, 5.41) is 11.4. The number of carbonyl (C=O) groups is 2. The van der Waals surface area contributed by atoms with Crippen molar-refractivity contribution in [2.75, 3.05) is 7.11 Å². The fraction of sp³-hybridized carbons (Fsp3) is 0.750. The first kappa shape index (κ1) is 9.98. The molecule has 0 bridgehead atoms. The minimum atomic E-state index is -0.844. The van der Waals surface area contributed by atoms with E-state index in [1.54, 1.807) is 0 Å². The molecule has 0 aromatic heterocycles. The van der Waals surface area contributed by atoms with Crippen LogP contribution in [0.3, 0.4) is 0 Å². The van der Waals surface area contributed by atoms with Crippen molar-refractivity contribution in [3.05, 3.63) is 0 Å². The summed E-state index contributed by atoms with van der Waals surface area (Å²) in [6, 6.07) is -0.420. The molecule has 5 nitrogen and oxygen atoms in total. The summed E-state index contributed by atoms with van der Waals surface area (Å²) in [7, 11) is 1.33. The predicted octanol–water partition coefficient (Wildman–Crippen LogP) is -0.245. The third kappa shape index (κ3) is 2.69. The molecular formula is C8H13NO4. The van der Waals surface area contributed by atoms with Gasteiger partial charge in [0, 0.05) is 6.04 Å². The van der Waals surface area contributed by atoms with E-state index in [4.69, 9.17) is 5.11 Å². The lowest BCUT2D eigenvalue weighted by Crippen LogP contribution is -2.37. The highest BCUT2D eigenvalue weighted by atomic mass is 16.5. The Morgan fingerprint density at radius 3 is 2.77 bits per heavy atom. The quantitative estimate of drug-likeness (QED) is 0.596. The number of methoxy groups -OCH3 is 1. The highest BCUT2D eigenvalue weighted by Crippen LogP contribution is 2.15. The van der Waals surface area contributed by atoms with Gasteiger partial charge < -0.3 is 15.2 Å². The van der Waals surface area contributed by atoms with Gasteiger partial charge in [0.25, 0.3) is 0 Å². The molecule has 0 aromatic carbocycles. The molecule has 5 heteroatoms. The molecule has 2 N–H and O–H groups in total. The zero-order chi connectivity index (χ0) is 9.84. The van der Waals surface area contributed by atoms with Crippen LogP contribution in [-0.2, 0) is 14.3 Å². The van der Waals surface area contributed by atoms with Crippen molar-refractivity contribution < 1.29 is 19.4 Å². The molecule has 1 aliphatic rings. The van der Waals surface area contributed by atoms with E-state index in [1.165, 1.54) is 7.11 Å². The smallest absolute Gasteiger partial charge is 0.322 e. The summed E-state index contributed by atoms with van der Waals surface area (Å²) in [6.45, 7) is 0. The van der Waals surface area contributed by atoms with Gasteiger partial charge in [-0.15, -0.1) is 0 Å². The molecule has 0 aromatic rings. The Balaban J connectivity index is 2.36. The second-order valence-corrected chi connectivity index (χ2v) is 3.11. The van der Waals surface area contributed by atoms with Crippen LogP contribution >= 0.6 is 0 Å². The average molecular weight is 187 g/mol. The molecule has 13 heavy (non-hydrogen) atoms. The molecule has 1 saturated heterocycles. The first-order valence-electron chi connectivity index (χ1n) is 4.19. The number of aliphatic carboxylic acids is 1. The molecule has 1 heterocycles. The number of rotatable bonds is 3. The Bertz CT molecular complexity index is 216. The minimum absolute atomic E-state index is 0.0630. The Hall–Kier alpha value is -1.10. The number of nitrogens with one attached hydrogen (secondary N) is 1. The van der Waals surface area contributed by atoms with Crippen LogP contribution in [0.5, 0.6) is 0 Å². The van der Waals surface area contributed by atoms with Crippen LogP contribution in [0, 0.1) is 0 Å². The Labute approximate surface area is 76.1 Å². The average Bonchev–Trinajstić information content (AvgIpc) is 2.50. The molecule has 1 aliphatic heterocycles. The van der Waals surface area contributed by atoms with E-state index in [-0.39, 0.29) is 24.5 Å². The predicted molar refractivity (Wildman–Crippen MR) is 44.2 cm³/mol. The number of hydrogen-bond donors (Lipinski definition) is 2. The molecule has 0 aliphatic carbocycles. The molecule has 0 radical (unpaired) electrons. The van der Waals surface area contributed by atoms with Gasteiger partial charge in [-0.3, -0.25) is 9.59 Å². The van der Waals surface area contributed by atoms with Crippen molar-refractivity contribution in [1.82, 2.24) is 5.32 Å². The summed E-state index contributed by atoms with van der Waals surface area (Å²) < 4.78 is 4.54. The maximum Gasteiger partial charge on any atom is 0.322 e. The van der Waals surface area contributed by atoms with E-state index in [9.17, 15) is 9.59 Å². The van der Waals surface area contributed by atoms with Gasteiger partial charge in [0.1, 0.15) is 6.04 Å². The number of carbonyl (C=O) groups excluding carboxylic acids is 1. The number of hydrogen-bond acceptors (Lipinski definition) is 4. The van der Waals surface area contributed by atoms with E-state index in [2.05, 4.69) is 10.1 Å². The van der Waals surface area contributed by atoms with E-state index in [0.717, 1.165) is 0 Å². The van der Waals surface area contributed by atoms with Gasteiger partial charge in [-0.1, -0.05) is 0 Å². The van der Waals surface area contributed by atoms with Crippen LogP contribution in [0.4, 0.5) is 0 Å². The zero-order valence-corrected chi connectivity index (χ0v) is 7.45. The van der Waals surface area contributed by atoms with Gasteiger partial charge in [0.15, 0.2) is 0 Å². The lowest BCUT2D eigenvalue weighted by molar-refractivity contribution is -0.143. The Morgan fingerprint density at radius 2 is 2.23 bits per heavy atom. The maximum atomic E-state index is 11.0. The van der Waals surface area contributed by atoms with E-state index < -0.39 is 5.97 Å². The molecule has 1 rings (SSSR count). The highest BCUT2D eigenvalue weighted by molar-refractivity contribution is 5.76. The van der Waals surface area contributed by atoms with Crippen LogP contribution < -0.4 is 5.32 Å². The lowest BCUT2D eigenvalue weighted by atomic mass is 10.1. The lowest BCUT2D eigenvalue weighted by Gasteiger charge is -2.10. The second kappa shape index (κ2) is 4.23. The van der Waals surface area contributed by atoms with Crippen LogP contribution in [0.15, 0.2) is 0 Å². The van der Waals surface area contributed by atoms with Crippen molar-refractivity contribution in [2.24, 2.45) is 0 Å². The number of ether oxygens (including phenoxy) is 1. The summed E-state index contributed by atoms with van der Waals surface area (Å²) in [5.41, 5.74) is 0. The van der Waals surface area contributed by atoms with Crippen molar-refractivity contribution in [1.29, 1.82) is 0 Å². The maximum absolute atomic E-state index is 11.0. The van der Waals surface area contributed by atoms with Gasteiger partial charge in [-0.05, 0) is 12.8 Å². The number of carboxylic acids is 1.